The fraction of sp³-hybridized carbons (Fsp3) is 0.143. The molecule has 0 atom stereocenters. The molecular weight excluding hydrogens is 178 g/mol. The van der Waals surface area contributed by atoms with E-state index in [2.05, 4.69) is 21.9 Å². The standard InChI is InChI=1S/C7H8ClN3O/c1-5(8)4-11-6-7(12)10-3-2-9-6/h2-3H,1,4H2,(H,9,11)(H,10,12). The fourth-order valence-corrected chi connectivity index (χ4v) is 0.724. The second kappa shape index (κ2) is 3.92. The number of H-pyrrole nitrogens is 1. The van der Waals surface area contributed by atoms with Crippen molar-refractivity contribution in [1.82, 2.24) is 9.97 Å². The lowest BCUT2D eigenvalue weighted by Crippen LogP contribution is -2.15. The molecule has 1 aromatic heterocycles. The highest BCUT2D eigenvalue weighted by Gasteiger charge is 1.97. The molecule has 0 aromatic carbocycles. The van der Waals surface area contributed by atoms with Crippen LogP contribution in [0.4, 0.5) is 5.82 Å². The Morgan fingerprint density at radius 1 is 1.83 bits per heavy atom. The molecule has 0 saturated carbocycles. The van der Waals surface area contributed by atoms with Crippen LogP contribution >= 0.6 is 11.6 Å². The molecule has 0 amide bonds. The van der Waals surface area contributed by atoms with Crippen molar-refractivity contribution in [2.75, 3.05) is 11.9 Å². The monoisotopic (exact) mass is 185 g/mol. The van der Waals surface area contributed by atoms with E-state index < -0.39 is 0 Å². The van der Waals surface area contributed by atoms with Crippen LogP contribution in [0.5, 0.6) is 0 Å². The quantitative estimate of drug-likeness (QED) is 0.737. The largest absolute Gasteiger partial charge is 0.361 e. The Morgan fingerprint density at radius 3 is 3.17 bits per heavy atom. The van der Waals surface area contributed by atoms with Gasteiger partial charge in [0.2, 0.25) is 0 Å². The second-order valence-corrected chi connectivity index (χ2v) is 2.67. The Hall–Kier alpha value is -1.29. The lowest BCUT2D eigenvalue weighted by atomic mass is 10.5. The zero-order valence-corrected chi connectivity index (χ0v) is 7.06. The molecule has 64 valence electrons. The van der Waals surface area contributed by atoms with Crippen LogP contribution in [0.15, 0.2) is 28.8 Å². The summed E-state index contributed by atoms with van der Waals surface area (Å²) in [7, 11) is 0. The van der Waals surface area contributed by atoms with Gasteiger partial charge in [0.15, 0.2) is 5.82 Å². The van der Waals surface area contributed by atoms with E-state index in [1.807, 2.05) is 0 Å². The number of nitrogens with zero attached hydrogens (tertiary/aromatic N) is 1. The van der Waals surface area contributed by atoms with E-state index in [4.69, 9.17) is 11.6 Å². The number of hydrogen-bond donors (Lipinski definition) is 2. The lowest BCUT2D eigenvalue weighted by molar-refractivity contribution is 1.11. The number of halogens is 1. The zero-order valence-electron chi connectivity index (χ0n) is 6.30. The molecule has 12 heavy (non-hydrogen) atoms. The second-order valence-electron chi connectivity index (χ2n) is 2.14. The number of aromatic amines is 1. The maximum absolute atomic E-state index is 11.0. The molecule has 1 rings (SSSR count). The average molecular weight is 186 g/mol. The SMILES string of the molecule is C=C(Cl)CNc1ncc[nH]c1=O. The average Bonchev–Trinajstić information content (AvgIpc) is 2.03. The highest BCUT2D eigenvalue weighted by Crippen LogP contribution is 1.97. The van der Waals surface area contributed by atoms with Crippen LogP contribution < -0.4 is 10.9 Å². The topological polar surface area (TPSA) is 57.8 Å². The highest BCUT2D eigenvalue weighted by molar-refractivity contribution is 6.29. The molecule has 0 aliphatic heterocycles. The van der Waals surface area contributed by atoms with Gasteiger partial charge in [0.1, 0.15) is 0 Å². The van der Waals surface area contributed by atoms with Gasteiger partial charge in [0.25, 0.3) is 5.56 Å². The fourth-order valence-electron chi connectivity index (χ4n) is 0.657. The summed E-state index contributed by atoms with van der Waals surface area (Å²) < 4.78 is 0. The lowest BCUT2D eigenvalue weighted by Gasteiger charge is -2.00. The van der Waals surface area contributed by atoms with Crippen molar-refractivity contribution in [3.05, 3.63) is 34.4 Å². The van der Waals surface area contributed by atoms with Gasteiger partial charge in [-0.3, -0.25) is 4.79 Å². The summed E-state index contributed by atoms with van der Waals surface area (Å²) in [5.74, 6) is 0.249. The predicted molar refractivity (Wildman–Crippen MR) is 48.3 cm³/mol. The van der Waals surface area contributed by atoms with Gasteiger partial charge < -0.3 is 10.3 Å². The Morgan fingerprint density at radius 2 is 2.58 bits per heavy atom. The van der Waals surface area contributed by atoms with Gasteiger partial charge in [-0.15, -0.1) is 0 Å². The van der Waals surface area contributed by atoms with Crippen molar-refractivity contribution in [2.24, 2.45) is 0 Å². The van der Waals surface area contributed by atoms with Crippen LogP contribution in [0.3, 0.4) is 0 Å². The third kappa shape index (κ3) is 2.39. The molecule has 0 aliphatic carbocycles. The first-order valence-corrected chi connectivity index (χ1v) is 3.69. The Balaban J connectivity index is 2.70. The summed E-state index contributed by atoms with van der Waals surface area (Å²) >= 11 is 5.48. The van der Waals surface area contributed by atoms with Crippen molar-refractivity contribution in [2.45, 2.75) is 0 Å². The van der Waals surface area contributed by atoms with Gasteiger partial charge in [-0.05, 0) is 0 Å². The van der Waals surface area contributed by atoms with E-state index in [1.54, 1.807) is 0 Å². The first-order chi connectivity index (χ1) is 5.70. The molecule has 0 fully saturated rings. The van der Waals surface area contributed by atoms with Crippen molar-refractivity contribution < 1.29 is 0 Å². The molecule has 0 unspecified atom stereocenters. The molecule has 5 heteroatoms. The Kier molecular flexibility index (Phi) is 2.88. The van der Waals surface area contributed by atoms with Crippen LogP contribution in [0.25, 0.3) is 0 Å². The summed E-state index contributed by atoms with van der Waals surface area (Å²) in [5, 5.41) is 3.16. The molecular formula is C7H8ClN3O. The number of hydrogen-bond acceptors (Lipinski definition) is 3. The smallest absolute Gasteiger partial charge is 0.290 e. The van der Waals surface area contributed by atoms with Gasteiger partial charge in [-0.2, -0.15) is 0 Å². The van der Waals surface area contributed by atoms with Crippen LogP contribution in [-0.2, 0) is 0 Å². The summed E-state index contributed by atoms with van der Waals surface area (Å²) in [5.41, 5.74) is -0.268. The van der Waals surface area contributed by atoms with E-state index in [0.29, 0.717) is 11.6 Å². The van der Waals surface area contributed by atoms with Crippen LogP contribution in [0.1, 0.15) is 0 Å². The van der Waals surface area contributed by atoms with Crippen molar-refractivity contribution >= 4 is 17.4 Å². The minimum Gasteiger partial charge on any atom is -0.361 e. The van der Waals surface area contributed by atoms with Crippen molar-refractivity contribution in [3.8, 4) is 0 Å². The number of rotatable bonds is 3. The Labute approximate surface area is 74.3 Å². The zero-order chi connectivity index (χ0) is 8.97. The van der Waals surface area contributed by atoms with E-state index in [1.165, 1.54) is 12.4 Å². The number of anilines is 1. The molecule has 0 saturated heterocycles. The van der Waals surface area contributed by atoms with Gasteiger partial charge in [-0.25, -0.2) is 4.98 Å². The van der Waals surface area contributed by atoms with E-state index in [0.717, 1.165) is 0 Å². The highest BCUT2D eigenvalue weighted by atomic mass is 35.5. The molecule has 2 N–H and O–H groups in total. The van der Waals surface area contributed by atoms with Crippen molar-refractivity contribution in [3.63, 3.8) is 0 Å². The van der Waals surface area contributed by atoms with Gasteiger partial charge in [-0.1, -0.05) is 18.2 Å². The Bertz CT molecular complexity index is 333. The molecule has 1 aromatic rings. The first-order valence-electron chi connectivity index (χ1n) is 3.31. The maximum Gasteiger partial charge on any atom is 0.290 e. The minimum atomic E-state index is -0.268. The molecule has 0 aliphatic rings. The van der Waals surface area contributed by atoms with Gasteiger partial charge >= 0.3 is 0 Å². The summed E-state index contributed by atoms with van der Waals surface area (Å²) in [6.07, 6.45) is 2.95. The summed E-state index contributed by atoms with van der Waals surface area (Å²) in [4.78, 5) is 17.2. The molecule has 1 heterocycles. The van der Waals surface area contributed by atoms with E-state index in [9.17, 15) is 4.79 Å². The van der Waals surface area contributed by atoms with Crippen LogP contribution in [-0.4, -0.2) is 16.5 Å². The molecule has 0 spiro atoms. The predicted octanol–water partition coefficient (Wildman–Crippen LogP) is 0.934. The third-order valence-corrected chi connectivity index (χ3v) is 1.29. The van der Waals surface area contributed by atoms with E-state index >= 15 is 0 Å². The maximum atomic E-state index is 11.0. The minimum absolute atomic E-state index is 0.249. The summed E-state index contributed by atoms with van der Waals surface area (Å²) in [6.45, 7) is 3.80. The molecule has 0 bridgehead atoms. The van der Waals surface area contributed by atoms with Gasteiger partial charge in [0.05, 0.1) is 6.54 Å². The first kappa shape index (κ1) is 8.80. The number of nitrogens with one attached hydrogen (secondary N) is 2. The van der Waals surface area contributed by atoms with Crippen molar-refractivity contribution in [1.29, 1.82) is 0 Å². The molecule has 4 nitrogen and oxygen atoms in total. The normalized spacial score (nSPS) is 9.42. The van der Waals surface area contributed by atoms with Gasteiger partial charge in [0, 0.05) is 17.4 Å². The number of aromatic nitrogens is 2. The molecule has 0 radical (unpaired) electrons. The summed E-state index contributed by atoms with van der Waals surface area (Å²) in [6, 6.07) is 0. The third-order valence-electron chi connectivity index (χ3n) is 1.16. The van der Waals surface area contributed by atoms with Crippen LogP contribution in [0, 0.1) is 0 Å². The van der Waals surface area contributed by atoms with E-state index in [-0.39, 0.29) is 11.4 Å². The van der Waals surface area contributed by atoms with Crippen LogP contribution in [0.2, 0.25) is 0 Å².